The maximum Gasteiger partial charge on any atom is 0.254 e. The molecule has 0 bridgehead atoms. The molecule has 0 atom stereocenters. The van der Waals surface area contributed by atoms with Crippen molar-refractivity contribution in [3.8, 4) is 5.75 Å². The monoisotopic (exact) mass is 255 g/mol. The summed E-state index contributed by atoms with van der Waals surface area (Å²) in [6.45, 7) is 0. The van der Waals surface area contributed by atoms with Gasteiger partial charge in [-0.05, 0) is 24.3 Å². The minimum Gasteiger partial charge on any atom is -0.505 e. The maximum absolute atomic E-state index is 11.5. The van der Waals surface area contributed by atoms with Gasteiger partial charge in [0.05, 0.1) is 11.3 Å². The molecule has 0 aromatic heterocycles. The minimum atomic E-state index is -0.366. The Balaban J connectivity index is 2.31. The second-order valence-electron chi connectivity index (χ2n) is 3.79. The SMILES string of the molecule is CNC(=O)c1cccc(N=Nc2ccccc2)c1O. The van der Waals surface area contributed by atoms with Gasteiger partial charge < -0.3 is 10.4 Å². The number of amides is 1. The Labute approximate surface area is 110 Å². The molecule has 0 unspecified atom stereocenters. The van der Waals surface area contributed by atoms with Crippen LogP contribution in [0.1, 0.15) is 10.4 Å². The molecule has 0 radical (unpaired) electrons. The van der Waals surface area contributed by atoms with Crippen LogP contribution in [0, 0.1) is 0 Å². The predicted octanol–water partition coefficient (Wildman–Crippen LogP) is 3.17. The summed E-state index contributed by atoms with van der Waals surface area (Å²) in [5.74, 6) is -0.546. The van der Waals surface area contributed by atoms with Gasteiger partial charge in [-0.1, -0.05) is 24.3 Å². The van der Waals surface area contributed by atoms with E-state index in [1.54, 1.807) is 24.3 Å². The van der Waals surface area contributed by atoms with E-state index in [1.807, 2.05) is 18.2 Å². The standard InChI is InChI=1S/C14H13N3O2/c1-15-14(19)11-8-5-9-12(13(11)18)17-16-10-6-3-2-4-7-10/h2-9,18H,1H3,(H,15,19). The highest BCUT2D eigenvalue weighted by atomic mass is 16.3. The Morgan fingerprint density at radius 1 is 1.05 bits per heavy atom. The van der Waals surface area contributed by atoms with Crippen molar-refractivity contribution in [3.63, 3.8) is 0 Å². The van der Waals surface area contributed by atoms with Crippen LogP contribution in [0.5, 0.6) is 5.75 Å². The number of carbonyl (C=O) groups is 1. The van der Waals surface area contributed by atoms with Crippen LogP contribution in [0.15, 0.2) is 58.8 Å². The first-order chi connectivity index (χ1) is 9.22. The van der Waals surface area contributed by atoms with Gasteiger partial charge in [-0.3, -0.25) is 4.79 Å². The fourth-order valence-electron chi connectivity index (χ4n) is 1.54. The van der Waals surface area contributed by atoms with Crippen LogP contribution in [0.4, 0.5) is 11.4 Å². The van der Waals surface area contributed by atoms with E-state index in [1.165, 1.54) is 13.1 Å². The van der Waals surface area contributed by atoms with Gasteiger partial charge in [0.1, 0.15) is 5.69 Å². The second kappa shape index (κ2) is 5.77. The lowest BCUT2D eigenvalue weighted by Gasteiger charge is -2.04. The molecule has 0 heterocycles. The Morgan fingerprint density at radius 3 is 2.47 bits per heavy atom. The molecule has 96 valence electrons. The third-order valence-corrected chi connectivity index (χ3v) is 2.52. The van der Waals surface area contributed by atoms with E-state index in [0.717, 1.165) is 0 Å². The molecule has 1 amide bonds. The largest absolute Gasteiger partial charge is 0.505 e. The van der Waals surface area contributed by atoms with E-state index in [4.69, 9.17) is 0 Å². The van der Waals surface area contributed by atoms with Crippen molar-refractivity contribution in [1.29, 1.82) is 0 Å². The molecule has 19 heavy (non-hydrogen) atoms. The zero-order valence-corrected chi connectivity index (χ0v) is 10.4. The van der Waals surface area contributed by atoms with Gasteiger partial charge in [0.15, 0.2) is 5.75 Å². The van der Waals surface area contributed by atoms with Crippen molar-refractivity contribution in [1.82, 2.24) is 5.32 Å². The van der Waals surface area contributed by atoms with E-state index >= 15 is 0 Å². The quantitative estimate of drug-likeness (QED) is 0.826. The van der Waals surface area contributed by atoms with Crippen LogP contribution >= 0.6 is 0 Å². The summed E-state index contributed by atoms with van der Waals surface area (Å²) in [5.41, 5.74) is 1.10. The molecule has 5 heteroatoms. The zero-order valence-electron chi connectivity index (χ0n) is 10.4. The number of nitrogens with zero attached hydrogens (tertiary/aromatic N) is 2. The first-order valence-corrected chi connectivity index (χ1v) is 5.73. The summed E-state index contributed by atoms with van der Waals surface area (Å²) >= 11 is 0. The van der Waals surface area contributed by atoms with Crippen LogP contribution < -0.4 is 5.32 Å². The third-order valence-electron chi connectivity index (χ3n) is 2.52. The number of phenolic OH excluding ortho intramolecular Hbond substituents is 1. The lowest BCUT2D eigenvalue weighted by molar-refractivity contribution is 0.0960. The van der Waals surface area contributed by atoms with Crippen molar-refractivity contribution in [2.45, 2.75) is 0 Å². The van der Waals surface area contributed by atoms with Crippen LogP contribution in [0.3, 0.4) is 0 Å². The molecule has 5 nitrogen and oxygen atoms in total. The van der Waals surface area contributed by atoms with E-state index in [2.05, 4.69) is 15.5 Å². The van der Waals surface area contributed by atoms with Crippen molar-refractivity contribution < 1.29 is 9.90 Å². The number of para-hydroxylation sites is 1. The fraction of sp³-hybridized carbons (Fsp3) is 0.0714. The molecule has 2 N–H and O–H groups in total. The highest BCUT2D eigenvalue weighted by molar-refractivity contribution is 5.98. The molecular formula is C14H13N3O2. The van der Waals surface area contributed by atoms with Gasteiger partial charge in [-0.15, -0.1) is 5.11 Å². The van der Waals surface area contributed by atoms with Crippen molar-refractivity contribution in [2.24, 2.45) is 10.2 Å². The normalized spacial score (nSPS) is 10.6. The summed E-state index contributed by atoms with van der Waals surface area (Å²) in [5, 5.41) is 20.4. The summed E-state index contributed by atoms with van der Waals surface area (Å²) in [7, 11) is 1.50. The first kappa shape index (κ1) is 12.8. The van der Waals surface area contributed by atoms with Gasteiger partial charge in [0.2, 0.25) is 0 Å². The second-order valence-corrected chi connectivity index (χ2v) is 3.79. The summed E-state index contributed by atoms with van der Waals surface area (Å²) < 4.78 is 0. The van der Waals surface area contributed by atoms with E-state index in [9.17, 15) is 9.90 Å². The lowest BCUT2D eigenvalue weighted by Crippen LogP contribution is -2.17. The predicted molar refractivity (Wildman–Crippen MR) is 72.1 cm³/mol. The van der Waals surface area contributed by atoms with Crippen molar-refractivity contribution in [2.75, 3.05) is 7.05 Å². The van der Waals surface area contributed by atoms with Gasteiger partial charge in [-0.2, -0.15) is 5.11 Å². The molecule has 0 aliphatic heterocycles. The Morgan fingerprint density at radius 2 is 1.79 bits per heavy atom. The van der Waals surface area contributed by atoms with E-state index in [0.29, 0.717) is 5.69 Å². The molecule has 2 aromatic rings. The number of hydrogen-bond acceptors (Lipinski definition) is 4. The number of rotatable bonds is 3. The van der Waals surface area contributed by atoms with E-state index < -0.39 is 0 Å². The highest BCUT2D eigenvalue weighted by Gasteiger charge is 2.12. The number of nitrogens with one attached hydrogen (secondary N) is 1. The minimum absolute atomic E-state index is 0.173. The van der Waals surface area contributed by atoms with Crippen LogP contribution in [-0.2, 0) is 0 Å². The molecular weight excluding hydrogens is 242 g/mol. The smallest absolute Gasteiger partial charge is 0.254 e. The number of hydrogen-bond donors (Lipinski definition) is 2. The number of azo groups is 1. The maximum atomic E-state index is 11.5. The van der Waals surface area contributed by atoms with Crippen LogP contribution in [-0.4, -0.2) is 18.1 Å². The van der Waals surface area contributed by atoms with Crippen molar-refractivity contribution >= 4 is 17.3 Å². The van der Waals surface area contributed by atoms with Crippen LogP contribution in [0.25, 0.3) is 0 Å². The molecule has 2 rings (SSSR count). The molecule has 0 aliphatic rings. The third kappa shape index (κ3) is 2.95. The number of aromatic hydroxyl groups is 1. The molecule has 0 fully saturated rings. The number of phenols is 1. The van der Waals surface area contributed by atoms with Gasteiger partial charge in [0, 0.05) is 7.05 Å². The summed E-state index contributed by atoms with van der Waals surface area (Å²) in [4.78, 5) is 11.5. The fourth-order valence-corrected chi connectivity index (χ4v) is 1.54. The topological polar surface area (TPSA) is 74.0 Å². The number of carbonyl (C=O) groups excluding carboxylic acids is 1. The van der Waals surface area contributed by atoms with E-state index in [-0.39, 0.29) is 22.9 Å². The van der Waals surface area contributed by atoms with Crippen LogP contribution in [0.2, 0.25) is 0 Å². The first-order valence-electron chi connectivity index (χ1n) is 5.73. The average molecular weight is 255 g/mol. The molecule has 2 aromatic carbocycles. The van der Waals surface area contributed by atoms with Crippen molar-refractivity contribution in [3.05, 3.63) is 54.1 Å². The zero-order chi connectivity index (χ0) is 13.7. The van der Waals surface area contributed by atoms with Gasteiger partial charge in [-0.25, -0.2) is 0 Å². The summed E-state index contributed by atoms with van der Waals surface area (Å²) in [6, 6.07) is 13.9. The highest BCUT2D eigenvalue weighted by Crippen LogP contribution is 2.31. The Bertz CT molecular complexity index is 609. The Kier molecular flexibility index (Phi) is 3.87. The molecule has 0 spiro atoms. The lowest BCUT2D eigenvalue weighted by atomic mass is 10.1. The number of benzene rings is 2. The average Bonchev–Trinajstić information content (AvgIpc) is 2.46. The molecule has 0 saturated heterocycles. The Hall–Kier alpha value is -2.69. The van der Waals surface area contributed by atoms with Gasteiger partial charge >= 0.3 is 0 Å². The van der Waals surface area contributed by atoms with Gasteiger partial charge in [0.25, 0.3) is 5.91 Å². The molecule has 0 aliphatic carbocycles. The summed E-state index contributed by atoms with van der Waals surface area (Å²) in [6.07, 6.45) is 0. The molecule has 0 saturated carbocycles.